The molecule has 0 aliphatic carbocycles. The van der Waals surface area contributed by atoms with Gasteiger partial charge in [0.1, 0.15) is 11.2 Å². The normalized spacial score (nSPS) is 11.6. The van der Waals surface area contributed by atoms with E-state index in [0.29, 0.717) is 21.3 Å². The second-order valence-electron chi connectivity index (χ2n) is 8.69. The van der Waals surface area contributed by atoms with Gasteiger partial charge in [-0.15, -0.1) is 11.3 Å². The van der Waals surface area contributed by atoms with E-state index in [2.05, 4.69) is 22.2 Å². The van der Waals surface area contributed by atoms with Crippen molar-refractivity contribution in [1.82, 2.24) is 19.7 Å². The van der Waals surface area contributed by atoms with E-state index in [-0.39, 0.29) is 0 Å². The van der Waals surface area contributed by atoms with E-state index in [0.717, 1.165) is 37.6 Å². The molecule has 180 valence electrons. The summed E-state index contributed by atoms with van der Waals surface area (Å²) in [4.78, 5) is 31.9. The van der Waals surface area contributed by atoms with Gasteiger partial charge in [-0.1, -0.05) is 83.9 Å². The van der Waals surface area contributed by atoms with Gasteiger partial charge in [0.2, 0.25) is 0 Å². The molecule has 0 saturated carbocycles. The van der Waals surface area contributed by atoms with Gasteiger partial charge in [-0.05, 0) is 31.5 Å². The highest BCUT2D eigenvalue weighted by Gasteiger charge is 2.33. The Morgan fingerprint density at radius 1 is 0.889 bits per heavy atom. The summed E-state index contributed by atoms with van der Waals surface area (Å²) in [6, 6.07) is 23.4. The molecule has 2 aromatic heterocycles. The number of aromatic amines is 1. The first-order chi connectivity index (χ1) is 17.3. The molecule has 0 bridgehead atoms. The predicted octanol–water partition coefficient (Wildman–Crippen LogP) is 6.34. The third-order valence-corrected chi connectivity index (χ3v) is 7.88. The highest BCUT2D eigenvalue weighted by Crippen LogP contribution is 2.46. The average Bonchev–Trinajstić information content (AvgIpc) is 3.31. The topological polar surface area (TPSA) is 80.6 Å². The Morgan fingerprint density at radius 3 is 2.06 bits per heavy atom. The van der Waals surface area contributed by atoms with Crippen LogP contribution in [-0.4, -0.2) is 19.7 Å². The van der Waals surface area contributed by atoms with Crippen molar-refractivity contribution in [3.63, 3.8) is 0 Å². The molecule has 0 atom stereocenters. The van der Waals surface area contributed by atoms with E-state index >= 15 is 0 Å². The first-order valence-electron chi connectivity index (χ1n) is 11.1. The zero-order valence-corrected chi connectivity index (χ0v) is 21.7. The molecule has 0 amide bonds. The largest absolute Gasteiger partial charge is 0.349 e. The number of benzene rings is 3. The lowest BCUT2D eigenvalue weighted by molar-refractivity contribution is 0.635. The molecule has 0 fully saturated rings. The van der Waals surface area contributed by atoms with E-state index in [1.807, 2.05) is 62.4 Å². The van der Waals surface area contributed by atoms with Crippen molar-refractivity contribution >= 4 is 34.5 Å². The zero-order chi connectivity index (χ0) is 25.4. The molecule has 0 aliphatic heterocycles. The van der Waals surface area contributed by atoms with Crippen LogP contribution < -0.4 is 11.2 Å². The van der Waals surface area contributed by atoms with Crippen LogP contribution in [0.25, 0.3) is 27.4 Å². The summed E-state index contributed by atoms with van der Waals surface area (Å²) in [6.07, 6.45) is 1.02. The van der Waals surface area contributed by atoms with E-state index in [1.165, 1.54) is 0 Å². The second kappa shape index (κ2) is 9.50. The third kappa shape index (κ3) is 4.41. The Bertz CT molecular complexity index is 1600. The van der Waals surface area contributed by atoms with Crippen molar-refractivity contribution in [2.24, 2.45) is 0 Å². The molecule has 0 unspecified atom stereocenters. The number of thiazole rings is 1. The van der Waals surface area contributed by atoms with E-state index < -0.39 is 16.7 Å². The van der Waals surface area contributed by atoms with Crippen molar-refractivity contribution in [3.05, 3.63) is 120 Å². The zero-order valence-electron chi connectivity index (χ0n) is 19.3. The molecular formula is C27H20Cl2N4O2S. The van der Waals surface area contributed by atoms with Gasteiger partial charge in [-0.2, -0.15) is 9.78 Å². The quantitative estimate of drug-likeness (QED) is 0.285. The van der Waals surface area contributed by atoms with Gasteiger partial charge >= 0.3 is 5.69 Å². The number of H-pyrrole nitrogens is 1. The lowest BCUT2D eigenvalue weighted by Crippen LogP contribution is -2.30. The molecule has 9 heteroatoms. The number of rotatable bonds is 5. The number of halogens is 2. The molecule has 5 aromatic rings. The van der Waals surface area contributed by atoms with E-state index in [9.17, 15) is 9.59 Å². The third-order valence-electron chi connectivity index (χ3n) is 5.85. The maximum absolute atomic E-state index is 12.2. The Balaban J connectivity index is 1.65. The lowest BCUT2D eigenvalue weighted by atomic mass is 9.85. The highest BCUT2D eigenvalue weighted by molar-refractivity contribution is 7.15. The summed E-state index contributed by atoms with van der Waals surface area (Å²) in [5.74, 6) is 0. The fraction of sp³-hybridized carbons (Fsp3) is 0.111. The molecule has 6 nitrogen and oxygen atoms in total. The monoisotopic (exact) mass is 534 g/mol. The van der Waals surface area contributed by atoms with E-state index in [4.69, 9.17) is 28.2 Å². The van der Waals surface area contributed by atoms with Gasteiger partial charge in [0.15, 0.2) is 0 Å². The van der Waals surface area contributed by atoms with Crippen LogP contribution in [0.15, 0.2) is 88.6 Å². The summed E-state index contributed by atoms with van der Waals surface area (Å²) in [5.41, 5.74) is 2.09. The molecule has 0 saturated heterocycles. The summed E-state index contributed by atoms with van der Waals surface area (Å²) < 4.78 is 1.04. The van der Waals surface area contributed by atoms with Gasteiger partial charge in [-0.25, -0.2) is 9.78 Å². The van der Waals surface area contributed by atoms with Gasteiger partial charge < -0.3 is 0 Å². The Hall–Kier alpha value is -3.52. The van der Waals surface area contributed by atoms with Crippen LogP contribution in [0, 0.1) is 0 Å². The van der Waals surface area contributed by atoms with Crippen molar-refractivity contribution in [2.75, 3.05) is 0 Å². The average molecular weight is 535 g/mol. The minimum atomic E-state index is -0.679. The number of nitrogens with one attached hydrogen (secondary N) is 1. The van der Waals surface area contributed by atoms with Crippen LogP contribution in [-0.2, 0) is 5.41 Å². The smallest absolute Gasteiger partial charge is 0.271 e. The Kier molecular flexibility index (Phi) is 6.38. The van der Waals surface area contributed by atoms with Crippen LogP contribution in [0.3, 0.4) is 0 Å². The Labute approximate surface area is 220 Å². The van der Waals surface area contributed by atoms with Crippen LogP contribution >= 0.6 is 34.5 Å². The van der Waals surface area contributed by atoms with Gasteiger partial charge in [0.25, 0.3) is 5.56 Å². The molecule has 36 heavy (non-hydrogen) atoms. The molecule has 5 rings (SSSR count). The minimum Gasteiger partial charge on any atom is -0.271 e. The molecule has 3 aromatic carbocycles. The number of aromatic nitrogens is 4. The fourth-order valence-electron chi connectivity index (χ4n) is 4.09. The van der Waals surface area contributed by atoms with Crippen LogP contribution in [0.1, 0.15) is 24.4 Å². The first kappa shape index (κ1) is 24.2. The maximum atomic E-state index is 12.2. The molecular weight excluding hydrogens is 515 g/mol. The summed E-state index contributed by atoms with van der Waals surface area (Å²) in [7, 11) is 0. The SMILES string of the molecule is CC(C)(c1nc(-c2ccccc2)c(-c2ccccc2)s1)c1c(Cl)cc(-n2ncc(=O)[nH]c2=O)cc1Cl. The van der Waals surface area contributed by atoms with Crippen molar-refractivity contribution in [1.29, 1.82) is 0 Å². The van der Waals surface area contributed by atoms with Crippen LogP contribution in [0.4, 0.5) is 0 Å². The van der Waals surface area contributed by atoms with Crippen LogP contribution in [0.5, 0.6) is 0 Å². The van der Waals surface area contributed by atoms with Gasteiger partial charge in [0.05, 0.1) is 16.3 Å². The van der Waals surface area contributed by atoms with Crippen molar-refractivity contribution < 1.29 is 0 Å². The summed E-state index contributed by atoms with van der Waals surface area (Å²) in [6.45, 7) is 4.04. The Morgan fingerprint density at radius 2 is 1.47 bits per heavy atom. The lowest BCUT2D eigenvalue weighted by Gasteiger charge is -2.26. The molecule has 0 radical (unpaired) electrons. The molecule has 1 N–H and O–H groups in total. The fourth-order valence-corrected chi connectivity index (χ4v) is 6.24. The first-order valence-corrected chi connectivity index (χ1v) is 12.6. The highest BCUT2D eigenvalue weighted by atomic mass is 35.5. The second-order valence-corrected chi connectivity index (χ2v) is 10.5. The summed E-state index contributed by atoms with van der Waals surface area (Å²) in [5, 5.41) is 5.46. The number of nitrogens with zero attached hydrogens (tertiary/aromatic N) is 3. The minimum absolute atomic E-state index is 0.347. The maximum Gasteiger partial charge on any atom is 0.349 e. The van der Waals surface area contributed by atoms with Crippen molar-refractivity contribution in [2.45, 2.75) is 19.3 Å². The molecule has 0 spiro atoms. The van der Waals surface area contributed by atoms with Crippen molar-refractivity contribution in [3.8, 4) is 27.4 Å². The molecule has 0 aliphatic rings. The predicted molar refractivity (Wildman–Crippen MR) is 146 cm³/mol. The van der Waals surface area contributed by atoms with Crippen LogP contribution in [0.2, 0.25) is 10.0 Å². The standard InChI is InChI=1S/C27H20Cl2N4O2S/c1-27(2,22-19(28)13-18(14-20(22)29)33-26(35)31-21(34)15-30-33)25-32-23(16-9-5-3-6-10-16)24(36-25)17-11-7-4-8-12-17/h3-15H,1-2H3,(H,31,34,35). The number of hydrogen-bond donors (Lipinski definition) is 1. The van der Waals surface area contributed by atoms with Gasteiger partial charge in [-0.3, -0.25) is 9.78 Å². The summed E-state index contributed by atoms with van der Waals surface area (Å²) >= 11 is 15.1. The molecule has 2 heterocycles. The number of hydrogen-bond acceptors (Lipinski definition) is 5. The van der Waals surface area contributed by atoms with Gasteiger partial charge in [0, 0.05) is 26.6 Å². The van der Waals surface area contributed by atoms with E-state index in [1.54, 1.807) is 23.5 Å².